The third-order valence-electron chi connectivity index (χ3n) is 3.55. The van der Waals surface area contributed by atoms with Crippen LogP contribution in [-0.2, 0) is 20.0 Å². The number of aryl methyl sites for hydroxylation is 2. The van der Waals surface area contributed by atoms with E-state index in [4.69, 9.17) is 0 Å². The average Bonchev–Trinajstić information content (AvgIpc) is 3.04. The highest BCUT2D eigenvalue weighted by Crippen LogP contribution is 2.17. The first-order valence-electron chi connectivity index (χ1n) is 6.74. The third-order valence-corrected chi connectivity index (χ3v) is 3.55. The number of nitrogens with one attached hydrogen (secondary N) is 2. The van der Waals surface area contributed by atoms with Gasteiger partial charge in [-0.15, -0.1) is 0 Å². The molecule has 0 unspecified atom stereocenters. The number of urea groups is 1. The van der Waals surface area contributed by atoms with Crippen LogP contribution in [0.4, 0.5) is 10.5 Å². The molecule has 0 spiro atoms. The van der Waals surface area contributed by atoms with Crippen LogP contribution in [0, 0.1) is 5.92 Å². The summed E-state index contributed by atoms with van der Waals surface area (Å²) in [4.78, 5) is 16.1. The van der Waals surface area contributed by atoms with Crippen molar-refractivity contribution >= 4 is 11.7 Å². The van der Waals surface area contributed by atoms with Crippen LogP contribution >= 0.6 is 0 Å². The van der Waals surface area contributed by atoms with Crippen LogP contribution in [0.2, 0.25) is 0 Å². The molecule has 0 saturated carbocycles. The molecular formula is C13H18N6O. The van der Waals surface area contributed by atoms with Crippen LogP contribution in [0.3, 0.4) is 0 Å². The number of nitrogens with zero attached hydrogens (tertiary/aromatic N) is 4. The summed E-state index contributed by atoms with van der Waals surface area (Å²) in [5, 5.41) is 9.68. The van der Waals surface area contributed by atoms with Crippen LogP contribution in [0.1, 0.15) is 12.2 Å². The lowest BCUT2D eigenvalue weighted by atomic mass is 9.99. The first kappa shape index (κ1) is 12.7. The first-order chi connectivity index (χ1) is 9.70. The Morgan fingerprint density at radius 2 is 2.45 bits per heavy atom. The predicted octanol–water partition coefficient (Wildman–Crippen LogP) is 1.00. The van der Waals surface area contributed by atoms with E-state index in [0.717, 1.165) is 25.2 Å². The summed E-state index contributed by atoms with van der Waals surface area (Å²) in [7, 11) is 1.81. The van der Waals surface area contributed by atoms with Crippen molar-refractivity contribution in [3.05, 3.63) is 30.6 Å². The molecule has 106 valence electrons. The fraction of sp³-hybridized carbons (Fsp3) is 0.462. The van der Waals surface area contributed by atoms with Crippen molar-refractivity contribution in [1.29, 1.82) is 0 Å². The van der Waals surface area contributed by atoms with Crippen molar-refractivity contribution in [2.75, 3.05) is 11.9 Å². The maximum absolute atomic E-state index is 11.8. The van der Waals surface area contributed by atoms with E-state index in [1.54, 1.807) is 17.1 Å². The monoisotopic (exact) mass is 274 g/mol. The van der Waals surface area contributed by atoms with Gasteiger partial charge in [-0.05, 0) is 12.3 Å². The van der Waals surface area contributed by atoms with Gasteiger partial charge in [0.2, 0.25) is 0 Å². The van der Waals surface area contributed by atoms with E-state index in [9.17, 15) is 4.79 Å². The van der Waals surface area contributed by atoms with E-state index in [0.29, 0.717) is 18.2 Å². The van der Waals surface area contributed by atoms with E-state index >= 15 is 0 Å². The molecule has 2 aromatic rings. The molecule has 3 rings (SSSR count). The van der Waals surface area contributed by atoms with E-state index in [2.05, 4.69) is 25.3 Å². The molecule has 1 atom stereocenters. The molecule has 20 heavy (non-hydrogen) atoms. The highest BCUT2D eigenvalue weighted by Gasteiger charge is 2.19. The zero-order valence-corrected chi connectivity index (χ0v) is 11.4. The molecular weight excluding hydrogens is 256 g/mol. The molecule has 7 heteroatoms. The molecule has 2 aromatic heterocycles. The molecule has 1 aliphatic rings. The maximum atomic E-state index is 11.8. The number of hydrogen-bond acceptors (Lipinski definition) is 3. The first-order valence-corrected chi connectivity index (χ1v) is 6.74. The van der Waals surface area contributed by atoms with Crippen LogP contribution < -0.4 is 10.6 Å². The van der Waals surface area contributed by atoms with Crippen molar-refractivity contribution in [2.45, 2.75) is 19.4 Å². The minimum Gasteiger partial charge on any atom is -0.338 e. The zero-order chi connectivity index (χ0) is 13.9. The Kier molecular flexibility index (Phi) is 3.41. The lowest BCUT2D eigenvalue weighted by molar-refractivity contribution is 0.247. The largest absolute Gasteiger partial charge is 0.338 e. The number of hydrogen-bond donors (Lipinski definition) is 2. The molecule has 0 radical (unpaired) electrons. The smallest absolute Gasteiger partial charge is 0.319 e. The van der Waals surface area contributed by atoms with E-state index in [1.807, 2.05) is 19.4 Å². The van der Waals surface area contributed by atoms with Gasteiger partial charge >= 0.3 is 6.03 Å². The topological polar surface area (TPSA) is 76.8 Å². The fourth-order valence-electron chi connectivity index (χ4n) is 2.50. The number of aromatic nitrogens is 4. The average molecular weight is 274 g/mol. The number of rotatable bonds is 3. The van der Waals surface area contributed by atoms with Gasteiger partial charge in [-0.3, -0.25) is 4.68 Å². The summed E-state index contributed by atoms with van der Waals surface area (Å²) in [5.41, 5.74) is 0.700. The number of carbonyl (C=O) groups is 1. The van der Waals surface area contributed by atoms with Gasteiger partial charge in [0, 0.05) is 45.1 Å². The highest BCUT2D eigenvalue weighted by molar-refractivity contribution is 5.88. The molecule has 3 heterocycles. The fourth-order valence-corrected chi connectivity index (χ4v) is 2.50. The minimum atomic E-state index is -0.186. The summed E-state index contributed by atoms with van der Waals surface area (Å²) in [6, 6.07) is -0.186. The van der Waals surface area contributed by atoms with Crippen molar-refractivity contribution < 1.29 is 4.79 Å². The van der Waals surface area contributed by atoms with Gasteiger partial charge in [0.15, 0.2) is 0 Å². The van der Waals surface area contributed by atoms with E-state index in [-0.39, 0.29) is 6.03 Å². The second-order valence-electron chi connectivity index (χ2n) is 5.14. The molecule has 0 fully saturated rings. The minimum absolute atomic E-state index is 0.186. The van der Waals surface area contributed by atoms with Crippen LogP contribution in [-0.4, -0.2) is 31.9 Å². The van der Waals surface area contributed by atoms with Gasteiger partial charge in [0.25, 0.3) is 0 Å². The molecule has 2 amide bonds. The number of amides is 2. The lowest BCUT2D eigenvalue weighted by Gasteiger charge is -2.23. The molecule has 0 aromatic carbocycles. The summed E-state index contributed by atoms with van der Waals surface area (Å²) in [5.74, 6) is 1.59. The van der Waals surface area contributed by atoms with Gasteiger partial charge < -0.3 is 15.2 Å². The molecule has 0 bridgehead atoms. The van der Waals surface area contributed by atoms with Gasteiger partial charge in [-0.1, -0.05) is 0 Å². The Bertz CT molecular complexity index is 602. The molecule has 1 aliphatic heterocycles. The van der Waals surface area contributed by atoms with Crippen molar-refractivity contribution in [3.63, 3.8) is 0 Å². The van der Waals surface area contributed by atoms with Crippen molar-refractivity contribution in [2.24, 2.45) is 13.0 Å². The number of imidazole rings is 1. The van der Waals surface area contributed by atoms with E-state index < -0.39 is 0 Å². The number of fused-ring (bicyclic) bond motifs is 1. The molecule has 7 nitrogen and oxygen atoms in total. The van der Waals surface area contributed by atoms with E-state index in [1.165, 1.54) is 0 Å². The summed E-state index contributed by atoms with van der Waals surface area (Å²) in [6.45, 7) is 1.59. The van der Waals surface area contributed by atoms with Crippen molar-refractivity contribution in [3.8, 4) is 0 Å². The van der Waals surface area contributed by atoms with Crippen LogP contribution in [0.15, 0.2) is 24.8 Å². The van der Waals surface area contributed by atoms with Crippen LogP contribution in [0.25, 0.3) is 0 Å². The molecule has 0 aliphatic carbocycles. The normalized spacial score (nSPS) is 17.6. The quantitative estimate of drug-likeness (QED) is 0.876. The Labute approximate surface area is 117 Å². The van der Waals surface area contributed by atoms with Gasteiger partial charge in [0.1, 0.15) is 5.82 Å². The van der Waals surface area contributed by atoms with Gasteiger partial charge in [-0.2, -0.15) is 5.10 Å². The number of carbonyl (C=O) groups excluding carboxylic acids is 1. The highest BCUT2D eigenvalue weighted by atomic mass is 16.2. The summed E-state index contributed by atoms with van der Waals surface area (Å²) >= 11 is 0. The maximum Gasteiger partial charge on any atom is 0.319 e. The lowest BCUT2D eigenvalue weighted by Crippen LogP contribution is -2.36. The SMILES string of the molecule is Cn1cc(NC(=O)NC[C@@H]2CCc3nccn3C2)cn1. The second kappa shape index (κ2) is 5.36. The predicted molar refractivity (Wildman–Crippen MR) is 74.3 cm³/mol. The van der Waals surface area contributed by atoms with Crippen LogP contribution in [0.5, 0.6) is 0 Å². The Morgan fingerprint density at radius 3 is 3.25 bits per heavy atom. The zero-order valence-electron chi connectivity index (χ0n) is 11.4. The molecule has 0 saturated heterocycles. The van der Waals surface area contributed by atoms with Crippen molar-refractivity contribution in [1.82, 2.24) is 24.6 Å². The number of anilines is 1. The third kappa shape index (κ3) is 2.81. The second-order valence-corrected chi connectivity index (χ2v) is 5.14. The summed E-state index contributed by atoms with van der Waals surface area (Å²) in [6.07, 6.45) is 9.25. The van der Waals surface area contributed by atoms with Gasteiger partial charge in [0.05, 0.1) is 11.9 Å². The van der Waals surface area contributed by atoms with Gasteiger partial charge in [-0.25, -0.2) is 9.78 Å². The molecule has 2 N–H and O–H groups in total. The Hall–Kier alpha value is -2.31. The standard InChI is InChI=1S/C13H18N6O/c1-18-9-11(7-16-18)17-13(20)15-6-10-2-3-12-14-4-5-19(12)8-10/h4-5,7,9-10H,2-3,6,8H2,1H3,(H2,15,17,20)/t10-/m0/s1. The summed E-state index contributed by atoms with van der Waals surface area (Å²) < 4.78 is 3.81. The Balaban J connectivity index is 1.47. The Morgan fingerprint density at radius 1 is 1.55 bits per heavy atom.